The molecule has 2 aromatic rings. The van der Waals surface area contributed by atoms with Crippen molar-refractivity contribution in [2.45, 2.75) is 61.3 Å². The number of halogens is 1. The Morgan fingerprint density at radius 2 is 1.81 bits per heavy atom. The molecule has 1 unspecified atom stereocenters. The predicted molar refractivity (Wildman–Crippen MR) is 168 cm³/mol. The number of hydrogen-bond donors (Lipinski definition) is 3. The van der Waals surface area contributed by atoms with Gasteiger partial charge in [-0.1, -0.05) is 11.6 Å². The molecule has 4 atom stereocenters. The number of hydrogen-bond acceptors (Lipinski definition) is 8. The summed E-state index contributed by atoms with van der Waals surface area (Å²) in [5, 5.41) is 6.42. The number of methoxy groups -OCH3 is 2. The third kappa shape index (κ3) is 7.74. The molecule has 2 aliphatic rings. The molecule has 2 heterocycles. The van der Waals surface area contributed by atoms with Crippen molar-refractivity contribution in [1.29, 1.82) is 0 Å². The van der Waals surface area contributed by atoms with E-state index >= 15 is 0 Å². The van der Waals surface area contributed by atoms with Crippen molar-refractivity contribution < 1.29 is 32.2 Å². The first kappa shape index (κ1) is 32.9. The van der Waals surface area contributed by atoms with Crippen molar-refractivity contribution >= 4 is 51.0 Å². The number of urea groups is 1. The summed E-state index contributed by atoms with van der Waals surface area (Å²) in [5.41, 5.74) is 5.70. The van der Waals surface area contributed by atoms with Crippen LogP contribution >= 0.6 is 23.4 Å². The average Bonchev–Trinajstić information content (AvgIpc) is 3.53. The van der Waals surface area contributed by atoms with E-state index in [9.17, 15) is 18.0 Å². The molecule has 236 valence electrons. The van der Waals surface area contributed by atoms with Crippen LogP contribution in [0.25, 0.3) is 0 Å². The minimum absolute atomic E-state index is 0.0274. The Hall–Kier alpha value is -3.03. The lowest BCUT2D eigenvalue weighted by molar-refractivity contribution is -0.118. The number of thioether (sulfide) groups is 1. The van der Waals surface area contributed by atoms with E-state index < -0.39 is 10.0 Å². The first-order valence-electron chi connectivity index (χ1n) is 14.2. The lowest BCUT2D eigenvalue weighted by atomic mass is 9.88. The van der Waals surface area contributed by atoms with E-state index in [-0.39, 0.29) is 63.8 Å². The molecule has 2 fully saturated rings. The van der Waals surface area contributed by atoms with Gasteiger partial charge in [0.2, 0.25) is 5.91 Å². The summed E-state index contributed by atoms with van der Waals surface area (Å²) in [6.45, 7) is 2.45. The number of fused-ring (bicyclic) bond motifs is 1. The molecule has 4 rings (SSSR count). The number of nitrogens with zero attached hydrogens (tertiary/aromatic N) is 1. The average molecular weight is 655 g/mol. The van der Waals surface area contributed by atoms with E-state index in [4.69, 9.17) is 31.5 Å². The Labute approximate surface area is 262 Å². The van der Waals surface area contributed by atoms with Gasteiger partial charge in [0.15, 0.2) is 0 Å². The van der Waals surface area contributed by atoms with Gasteiger partial charge in [-0.15, -0.1) is 0 Å². The van der Waals surface area contributed by atoms with Gasteiger partial charge in [0, 0.05) is 36.1 Å². The highest BCUT2D eigenvalue weighted by molar-refractivity contribution is 8.00. The standard InChI is InChI=1S/C29H39ClN4O7S2/c1-4-41-19-10-12-20(13-11-19)43(37,38)34(23-16-24(39-2)21(30)15-25(23)40-3)14-6-8-18(7-5-9-26(31)35)28-27-22(17-42-28)32-29(36)33-27/h10-13,15-16,18,22,27-28H,4-9,14,17H2,1-3H3,(H2,31,35)(H2,32,33,36)/t18?,22-,27-,28-/m1/s1. The zero-order chi connectivity index (χ0) is 31.1. The highest BCUT2D eigenvalue weighted by Crippen LogP contribution is 2.42. The number of amides is 3. The number of ether oxygens (including phenoxy) is 3. The van der Waals surface area contributed by atoms with Crippen molar-refractivity contribution in [2.75, 3.05) is 37.4 Å². The Morgan fingerprint density at radius 1 is 1.12 bits per heavy atom. The number of benzene rings is 2. The minimum atomic E-state index is -4.06. The van der Waals surface area contributed by atoms with Crippen LogP contribution in [0.4, 0.5) is 10.5 Å². The van der Waals surface area contributed by atoms with Gasteiger partial charge in [-0.3, -0.25) is 9.10 Å². The number of nitrogens with one attached hydrogen (secondary N) is 2. The van der Waals surface area contributed by atoms with Crippen LogP contribution in [0.2, 0.25) is 5.02 Å². The molecule has 0 aliphatic carbocycles. The maximum atomic E-state index is 14.2. The quantitative estimate of drug-likeness (QED) is 0.228. The second kappa shape index (κ2) is 14.6. The third-order valence-corrected chi connectivity index (χ3v) is 11.5. The largest absolute Gasteiger partial charge is 0.495 e. The Kier molecular flexibility index (Phi) is 11.2. The molecule has 2 saturated heterocycles. The Balaban J connectivity index is 1.63. The minimum Gasteiger partial charge on any atom is -0.495 e. The number of primary amides is 1. The highest BCUT2D eigenvalue weighted by atomic mass is 35.5. The number of nitrogens with two attached hydrogens (primary N) is 1. The summed E-state index contributed by atoms with van der Waals surface area (Å²) < 4.78 is 46.1. The van der Waals surface area contributed by atoms with Crippen LogP contribution in [0.15, 0.2) is 41.3 Å². The van der Waals surface area contributed by atoms with Crippen LogP contribution in [0, 0.1) is 5.92 Å². The molecular formula is C29H39ClN4O7S2. The molecule has 0 aromatic heterocycles. The summed E-state index contributed by atoms with van der Waals surface area (Å²) in [4.78, 5) is 23.6. The fraction of sp³-hybridized carbons (Fsp3) is 0.517. The lowest BCUT2D eigenvalue weighted by Gasteiger charge is -2.30. The molecule has 0 spiro atoms. The van der Waals surface area contributed by atoms with E-state index in [0.717, 1.165) is 12.2 Å². The smallest absolute Gasteiger partial charge is 0.315 e. The van der Waals surface area contributed by atoms with E-state index in [2.05, 4.69) is 10.6 Å². The summed E-state index contributed by atoms with van der Waals surface area (Å²) in [7, 11) is -1.14. The zero-order valence-corrected chi connectivity index (χ0v) is 26.9. The highest BCUT2D eigenvalue weighted by Gasteiger charge is 2.46. The Bertz CT molecular complexity index is 1390. The topological polar surface area (TPSA) is 149 Å². The van der Waals surface area contributed by atoms with Gasteiger partial charge in [0.05, 0.1) is 48.5 Å². The molecule has 4 N–H and O–H groups in total. The molecule has 43 heavy (non-hydrogen) atoms. The van der Waals surface area contributed by atoms with E-state index in [1.165, 1.54) is 36.7 Å². The molecule has 2 aromatic carbocycles. The van der Waals surface area contributed by atoms with Gasteiger partial charge in [-0.2, -0.15) is 11.8 Å². The van der Waals surface area contributed by atoms with Gasteiger partial charge in [-0.05, 0) is 62.8 Å². The molecule has 11 nitrogen and oxygen atoms in total. The molecule has 0 radical (unpaired) electrons. The number of carbonyl (C=O) groups excluding carboxylic acids is 2. The van der Waals surface area contributed by atoms with Crippen molar-refractivity contribution in [3.63, 3.8) is 0 Å². The van der Waals surface area contributed by atoms with Gasteiger partial charge >= 0.3 is 6.03 Å². The van der Waals surface area contributed by atoms with E-state index in [1.54, 1.807) is 30.0 Å². The van der Waals surface area contributed by atoms with Gasteiger partial charge in [-0.25, -0.2) is 13.2 Å². The fourth-order valence-electron chi connectivity index (χ4n) is 5.68. The van der Waals surface area contributed by atoms with Crippen LogP contribution in [0.5, 0.6) is 17.2 Å². The van der Waals surface area contributed by atoms with Crippen molar-refractivity contribution in [1.82, 2.24) is 10.6 Å². The number of rotatable bonds is 16. The fourth-order valence-corrected chi connectivity index (χ4v) is 9.14. The SMILES string of the molecule is CCOc1ccc(S(=O)(=O)N(CCCC(CCCC(N)=O)[C@H]2SC[C@H]3NC(=O)N[C@@H]23)c2cc(OC)c(Cl)cc2OC)cc1. The van der Waals surface area contributed by atoms with Gasteiger partial charge in [0.25, 0.3) is 10.0 Å². The molecule has 3 amide bonds. The second-order valence-corrected chi connectivity index (χ2v) is 13.9. The van der Waals surface area contributed by atoms with Crippen LogP contribution in [0.3, 0.4) is 0 Å². The van der Waals surface area contributed by atoms with Crippen LogP contribution in [-0.2, 0) is 14.8 Å². The normalized spacial score (nSPS) is 20.1. The van der Waals surface area contributed by atoms with Crippen LogP contribution in [0.1, 0.15) is 39.0 Å². The lowest BCUT2D eigenvalue weighted by Crippen LogP contribution is -2.41. The second-order valence-electron chi connectivity index (χ2n) is 10.4. The monoisotopic (exact) mass is 654 g/mol. The van der Waals surface area contributed by atoms with E-state index in [1.807, 2.05) is 6.92 Å². The maximum Gasteiger partial charge on any atom is 0.315 e. The van der Waals surface area contributed by atoms with Crippen LogP contribution < -0.4 is 34.9 Å². The first-order valence-corrected chi connectivity index (χ1v) is 17.1. The third-order valence-electron chi connectivity index (χ3n) is 7.71. The molecular weight excluding hydrogens is 616 g/mol. The van der Waals surface area contributed by atoms with Crippen molar-refractivity contribution in [3.8, 4) is 17.2 Å². The predicted octanol–water partition coefficient (Wildman–Crippen LogP) is 4.17. The first-order chi connectivity index (χ1) is 20.6. The molecule has 0 bridgehead atoms. The Morgan fingerprint density at radius 3 is 2.47 bits per heavy atom. The van der Waals surface area contributed by atoms with Crippen molar-refractivity contribution in [2.24, 2.45) is 11.7 Å². The van der Waals surface area contributed by atoms with Crippen molar-refractivity contribution in [3.05, 3.63) is 41.4 Å². The molecule has 2 aliphatic heterocycles. The van der Waals surface area contributed by atoms with Crippen LogP contribution in [-0.4, -0.2) is 70.8 Å². The summed E-state index contributed by atoms with van der Waals surface area (Å²) >= 11 is 8.14. The number of sulfonamides is 1. The maximum absolute atomic E-state index is 14.2. The van der Waals surface area contributed by atoms with Gasteiger partial charge < -0.3 is 30.6 Å². The summed E-state index contributed by atoms with van der Waals surface area (Å²) in [5.74, 6) is 1.72. The molecule has 0 saturated carbocycles. The number of carbonyl (C=O) groups is 2. The molecule has 14 heteroatoms. The van der Waals surface area contributed by atoms with Gasteiger partial charge in [0.1, 0.15) is 17.2 Å². The number of anilines is 1. The zero-order valence-electron chi connectivity index (χ0n) is 24.5. The summed E-state index contributed by atoms with van der Waals surface area (Å²) in [6, 6.07) is 9.23. The summed E-state index contributed by atoms with van der Waals surface area (Å²) in [6.07, 6.45) is 2.78. The van der Waals surface area contributed by atoms with E-state index in [0.29, 0.717) is 43.1 Å².